The molecule has 3 aliphatic rings. The van der Waals surface area contributed by atoms with Gasteiger partial charge in [0.05, 0.1) is 18.1 Å². The second kappa shape index (κ2) is 13.1. The number of aliphatic hydroxyl groups excluding tert-OH is 2. The number of aromatic hydroxyl groups is 1. The van der Waals surface area contributed by atoms with E-state index in [0.717, 1.165) is 27.8 Å². The van der Waals surface area contributed by atoms with Gasteiger partial charge in [-0.3, -0.25) is 19.2 Å². The van der Waals surface area contributed by atoms with E-state index in [2.05, 4.69) is 5.32 Å². The van der Waals surface area contributed by atoms with Crippen molar-refractivity contribution in [3.05, 3.63) is 105 Å². The first-order chi connectivity index (χ1) is 23.0. The molecule has 4 atom stereocenters. The van der Waals surface area contributed by atoms with Crippen molar-refractivity contribution in [2.45, 2.75) is 52.1 Å². The van der Waals surface area contributed by atoms with Crippen LogP contribution in [-0.2, 0) is 43.3 Å². The van der Waals surface area contributed by atoms with E-state index >= 15 is 0 Å². The number of rotatable bonds is 9. The van der Waals surface area contributed by atoms with Gasteiger partial charge in [0.15, 0.2) is 11.6 Å². The van der Waals surface area contributed by atoms with Crippen molar-refractivity contribution < 1.29 is 39.2 Å². The first-order valence-corrected chi connectivity index (χ1v) is 16.1. The maximum atomic E-state index is 13.8. The summed E-state index contributed by atoms with van der Waals surface area (Å²) in [4.78, 5) is 51.2. The predicted octanol–water partition coefficient (Wildman–Crippen LogP) is 4.55. The summed E-state index contributed by atoms with van der Waals surface area (Å²) in [6.07, 6.45) is 0.960. The molecule has 2 unspecified atom stereocenters. The second-order valence-electron chi connectivity index (χ2n) is 12.8. The molecule has 0 radical (unpaired) electrons. The molecule has 1 fully saturated rings. The number of phenols is 1. The Hall–Kier alpha value is -5.22. The van der Waals surface area contributed by atoms with Gasteiger partial charge in [-0.2, -0.15) is 0 Å². The number of carbonyl (C=O) groups is 4. The van der Waals surface area contributed by atoms with Gasteiger partial charge in [0.1, 0.15) is 28.9 Å². The second-order valence-corrected chi connectivity index (χ2v) is 12.8. The van der Waals surface area contributed by atoms with Crippen LogP contribution in [0.3, 0.4) is 0 Å². The van der Waals surface area contributed by atoms with Crippen LogP contribution >= 0.6 is 0 Å². The molecule has 0 aliphatic heterocycles. The minimum Gasteiger partial charge on any atom is -0.511 e. The number of amides is 1. The van der Waals surface area contributed by atoms with Crippen LogP contribution in [-0.4, -0.2) is 51.4 Å². The summed E-state index contributed by atoms with van der Waals surface area (Å²) >= 11 is 0. The number of hydrogen-bond donors (Lipinski definition) is 5. The van der Waals surface area contributed by atoms with E-state index in [0.29, 0.717) is 31.4 Å². The highest BCUT2D eigenvalue weighted by Gasteiger charge is 2.51. The third-order valence-electron chi connectivity index (χ3n) is 9.77. The fraction of sp³-hybridized carbons (Fsp3) is 0.316. The number of hydrogen-bond acceptors (Lipinski definition) is 9. The molecule has 10 nitrogen and oxygen atoms in total. The zero-order valence-corrected chi connectivity index (χ0v) is 26.8. The van der Waals surface area contributed by atoms with E-state index in [1.165, 1.54) is 6.07 Å². The van der Waals surface area contributed by atoms with Crippen LogP contribution in [0.1, 0.15) is 47.6 Å². The number of nitrogens with two attached hydrogens (primary N) is 1. The molecule has 3 aliphatic carbocycles. The van der Waals surface area contributed by atoms with Crippen LogP contribution in [0.2, 0.25) is 0 Å². The Bertz CT molecular complexity index is 1890. The summed E-state index contributed by atoms with van der Waals surface area (Å²) in [5.74, 6) is -6.03. The summed E-state index contributed by atoms with van der Waals surface area (Å²) in [5.41, 5.74) is 10.1. The van der Waals surface area contributed by atoms with E-state index in [1.807, 2.05) is 55.5 Å². The van der Waals surface area contributed by atoms with Gasteiger partial charge in [0.25, 0.3) is 5.91 Å². The summed E-state index contributed by atoms with van der Waals surface area (Å²) in [5, 5.41) is 36.7. The predicted molar refractivity (Wildman–Crippen MR) is 178 cm³/mol. The normalized spacial score (nSPS) is 20.9. The molecule has 6 N–H and O–H groups in total. The summed E-state index contributed by atoms with van der Waals surface area (Å²) in [6, 6.07) is 18.3. The molecule has 0 saturated heterocycles. The van der Waals surface area contributed by atoms with E-state index in [1.54, 1.807) is 13.0 Å². The maximum Gasteiger partial charge on any atom is 0.323 e. The smallest absolute Gasteiger partial charge is 0.323 e. The highest BCUT2D eigenvalue weighted by atomic mass is 16.5. The average molecular weight is 651 g/mol. The Morgan fingerprint density at radius 3 is 2.44 bits per heavy atom. The molecule has 3 aromatic rings. The van der Waals surface area contributed by atoms with Gasteiger partial charge in [-0.05, 0) is 90.5 Å². The molecule has 1 saturated carbocycles. The number of benzene rings is 3. The molecular weight excluding hydrogens is 612 g/mol. The fourth-order valence-electron chi connectivity index (χ4n) is 7.54. The van der Waals surface area contributed by atoms with Crippen LogP contribution in [0.4, 0.5) is 0 Å². The molecule has 248 valence electrons. The van der Waals surface area contributed by atoms with Crippen molar-refractivity contribution >= 4 is 29.2 Å². The number of carbonyl (C=O) groups excluding carboxylic acids is 4. The van der Waals surface area contributed by atoms with E-state index in [-0.39, 0.29) is 41.6 Å². The first-order valence-electron chi connectivity index (χ1n) is 16.1. The number of primary amides is 1. The Balaban J connectivity index is 1.34. The van der Waals surface area contributed by atoms with Gasteiger partial charge in [-0.1, -0.05) is 48.5 Å². The molecule has 3 aromatic carbocycles. The number of esters is 1. The van der Waals surface area contributed by atoms with Crippen LogP contribution in [0.15, 0.2) is 77.6 Å². The van der Waals surface area contributed by atoms with E-state index in [4.69, 9.17) is 10.5 Å². The van der Waals surface area contributed by atoms with Crippen molar-refractivity contribution in [3.8, 4) is 16.9 Å². The van der Waals surface area contributed by atoms with Crippen molar-refractivity contribution in [1.29, 1.82) is 0 Å². The minimum atomic E-state index is -1.17. The van der Waals surface area contributed by atoms with Gasteiger partial charge in [0, 0.05) is 18.5 Å². The number of allylic oxidation sites excluding steroid dienone is 2. The zero-order valence-electron chi connectivity index (χ0n) is 26.8. The largest absolute Gasteiger partial charge is 0.511 e. The minimum absolute atomic E-state index is 0.0685. The van der Waals surface area contributed by atoms with Crippen molar-refractivity contribution in [2.75, 3.05) is 6.61 Å². The fourth-order valence-corrected chi connectivity index (χ4v) is 7.54. The summed E-state index contributed by atoms with van der Waals surface area (Å²) < 4.78 is 5.34. The maximum absolute atomic E-state index is 13.8. The van der Waals surface area contributed by atoms with Crippen molar-refractivity contribution in [3.63, 3.8) is 0 Å². The van der Waals surface area contributed by atoms with Crippen LogP contribution in [0.25, 0.3) is 16.9 Å². The molecule has 0 aromatic heterocycles. The Morgan fingerprint density at radius 1 is 0.979 bits per heavy atom. The number of aliphatic hydroxyl groups is 2. The van der Waals surface area contributed by atoms with Crippen molar-refractivity contribution in [1.82, 2.24) is 5.32 Å². The number of aryl methyl sites for hydroxylation is 1. The number of fused-ring (bicyclic) bond motifs is 3. The number of ether oxygens (including phenoxy) is 1. The number of phenolic OH excluding ortho intramolecular Hbond substituents is 1. The lowest BCUT2D eigenvalue weighted by molar-refractivity contribution is -0.145. The zero-order chi connectivity index (χ0) is 34.3. The molecular formula is C38H38N2O8. The monoisotopic (exact) mass is 650 g/mol. The Morgan fingerprint density at radius 2 is 1.73 bits per heavy atom. The third-order valence-corrected chi connectivity index (χ3v) is 9.77. The standard InChI is InChI=1S/C38H38N2O8/c1-3-48-38(47)27(14-20-7-5-4-6-8-20)40-18-21-10-9-19(2)25(13-21)24-11-12-28(41)32-26(24)16-22-15-23-17-29(42)33(37(39)46)36(45)31(23)34(43)30(22)35(32)44/h4-13,22-23,27,31,40-41,44-45H,3,14-18H2,1-2H3,(H2,39,46)/t22-,23+,27?,31?/m1/s1. The Labute approximate surface area is 277 Å². The lowest BCUT2D eigenvalue weighted by Gasteiger charge is -2.41. The van der Waals surface area contributed by atoms with E-state index < -0.39 is 52.6 Å². The molecule has 0 spiro atoms. The molecule has 0 bridgehead atoms. The summed E-state index contributed by atoms with van der Waals surface area (Å²) in [7, 11) is 0. The number of ketones is 2. The lowest BCUT2D eigenvalue weighted by Crippen LogP contribution is -2.44. The highest BCUT2D eigenvalue weighted by molar-refractivity contribution is 6.21. The third kappa shape index (κ3) is 5.88. The molecule has 6 rings (SSSR count). The van der Waals surface area contributed by atoms with Gasteiger partial charge in [-0.25, -0.2) is 0 Å². The van der Waals surface area contributed by atoms with Crippen LogP contribution < -0.4 is 11.1 Å². The highest BCUT2D eigenvalue weighted by Crippen LogP contribution is 2.51. The average Bonchev–Trinajstić information content (AvgIpc) is 3.04. The molecule has 0 heterocycles. The number of Topliss-reactive ketones (excluding diaryl/α,β-unsaturated/α-hetero) is 2. The molecule has 10 heteroatoms. The van der Waals surface area contributed by atoms with Gasteiger partial charge in [-0.15, -0.1) is 0 Å². The van der Waals surface area contributed by atoms with Gasteiger partial charge < -0.3 is 31.1 Å². The summed E-state index contributed by atoms with van der Waals surface area (Å²) in [6.45, 7) is 4.37. The van der Waals surface area contributed by atoms with Crippen LogP contribution in [0.5, 0.6) is 5.75 Å². The Kier molecular flexibility index (Phi) is 8.94. The SMILES string of the molecule is CCOC(=O)C(Cc1ccccc1)NCc1ccc(C)c(-c2ccc(O)c3c2C[C@H]2C[C@H]4CC(=O)C(C(N)=O)=C(O)C4C(=O)C2=C3O)c1. The molecule has 1 amide bonds. The van der Waals surface area contributed by atoms with Crippen molar-refractivity contribution in [2.24, 2.45) is 23.5 Å². The van der Waals surface area contributed by atoms with Gasteiger partial charge >= 0.3 is 5.97 Å². The molecule has 48 heavy (non-hydrogen) atoms. The van der Waals surface area contributed by atoms with E-state index in [9.17, 15) is 34.5 Å². The lowest BCUT2D eigenvalue weighted by atomic mass is 9.61. The topological polar surface area (TPSA) is 176 Å². The first kappa shape index (κ1) is 32.7. The van der Waals surface area contributed by atoms with Gasteiger partial charge in [0.2, 0.25) is 0 Å². The number of nitrogens with one attached hydrogen (secondary N) is 1. The quantitative estimate of drug-likeness (QED) is 0.164. The van der Waals surface area contributed by atoms with Crippen LogP contribution in [0, 0.1) is 24.7 Å².